The summed E-state index contributed by atoms with van der Waals surface area (Å²) in [6, 6.07) is 7.65. The number of benzene rings is 1. The summed E-state index contributed by atoms with van der Waals surface area (Å²) < 4.78 is 17.6. The van der Waals surface area contributed by atoms with Gasteiger partial charge in [-0.05, 0) is 52.0 Å². The van der Waals surface area contributed by atoms with Crippen LogP contribution in [0.3, 0.4) is 0 Å². The number of carbonyl (C=O) groups is 1. The summed E-state index contributed by atoms with van der Waals surface area (Å²) in [5, 5.41) is 5.04. The van der Waals surface area contributed by atoms with Gasteiger partial charge in [0.05, 0.1) is 18.6 Å². The van der Waals surface area contributed by atoms with Crippen molar-refractivity contribution in [2.45, 2.75) is 44.2 Å². The van der Waals surface area contributed by atoms with Gasteiger partial charge in [-0.3, -0.25) is 9.00 Å². The Labute approximate surface area is 155 Å². The van der Waals surface area contributed by atoms with Crippen LogP contribution in [0.2, 0.25) is 0 Å². The summed E-state index contributed by atoms with van der Waals surface area (Å²) >= 11 is 1.50. The Morgan fingerprint density at radius 2 is 1.96 bits per heavy atom. The van der Waals surface area contributed by atoms with Gasteiger partial charge in [0, 0.05) is 27.3 Å². The van der Waals surface area contributed by atoms with Gasteiger partial charge >= 0.3 is 0 Å². The van der Waals surface area contributed by atoms with Crippen LogP contribution in [0.15, 0.2) is 29.6 Å². The molecule has 1 aromatic carbocycles. The second kappa shape index (κ2) is 8.10. The fourth-order valence-corrected chi connectivity index (χ4v) is 4.02. The Hall–Kier alpha value is -1.73. The maximum atomic E-state index is 12.5. The van der Waals surface area contributed by atoms with Gasteiger partial charge < -0.3 is 10.1 Å². The van der Waals surface area contributed by atoms with E-state index in [-0.39, 0.29) is 17.2 Å². The van der Waals surface area contributed by atoms with Gasteiger partial charge in [0.1, 0.15) is 16.0 Å². The van der Waals surface area contributed by atoms with Crippen molar-refractivity contribution in [1.29, 1.82) is 0 Å². The highest BCUT2D eigenvalue weighted by Crippen LogP contribution is 2.26. The van der Waals surface area contributed by atoms with Gasteiger partial charge in [0.2, 0.25) is 5.91 Å². The summed E-state index contributed by atoms with van der Waals surface area (Å²) in [7, 11) is 0.311. The molecule has 25 heavy (non-hydrogen) atoms. The van der Waals surface area contributed by atoms with E-state index in [9.17, 15) is 9.00 Å². The number of ether oxygens (including phenoxy) is 1. The standard InChI is InChI=1S/C18H24N2O3S2/c1-12(16(21)20-18(2,3)4)25(22)11-14-10-24-17(19-14)13-6-8-15(23-5)9-7-13/h6-10,12H,11H2,1-5H3,(H,20,21)/t12-,25+/m1/s1. The van der Waals surface area contributed by atoms with Crippen LogP contribution >= 0.6 is 11.3 Å². The summed E-state index contributed by atoms with van der Waals surface area (Å²) in [5.41, 5.74) is 1.39. The Bertz CT molecular complexity index is 748. The molecule has 5 nitrogen and oxygen atoms in total. The monoisotopic (exact) mass is 380 g/mol. The van der Waals surface area contributed by atoms with Gasteiger partial charge in [-0.2, -0.15) is 0 Å². The lowest BCUT2D eigenvalue weighted by molar-refractivity contribution is -0.121. The first kappa shape index (κ1) is 19.6. The zero-order chi connectivity index (χ0) is 18.6. The fraction of sp³-hybridized carbons (Fsp3) is 0.444. The second-order valence-electron chi connectivity index (χ2n) is 6.78. The van der Waals surface area contributed by atoms with E-state index in [1.54, 1.807) is 14.0 Å². The number of hydrogen-bond donors (Lipinski definition) is 1. The highest BCUT2D eigenvalue weighted by molar-refractivity contribution is 7.85. The van der Waals surface area contributed by atoms with E-state index in [0.717, 1.165) is 22.0 Å². The number of hydrogen-bond acceptors (Lipinski definition) is 5. The molecular weight excluding hydrogens is 356 g/mol. The minimum atomic E-state index is -1.32. The Kier molecular flexibility index (Phi) is 6.35. The second-order valence-corrected chi connectivity index (χ2v) is 9.39. The van der Waals surface area contributed by atoms with E-state index in [1.165, 1.54) is 11.3 Å². The average Bonchev–Trinajstić information content (AvgIpc) is 3.01. The van der Waals surface area contributed by atoms with Crippen LogP contribution in [0, 0.1) is 0 Å². The van der Waals surface area contributed by atoms with Gasteiger partial charge in [-0.25, -0.2) is 4.98 Å². The largest absolute Gasteiger partial charge is 0.497 e. The summed E-state index contributed by atoms with van der Waals surface area (Å²) in [5.74, 6) is 0.863. The van der Waals surface area contributed by atoms with Crippen molar-refractivity contribution in [2.75, 3.05) is 7.11 Å². The molecule has 2 aromatic rings. The third kappa shape index (κ3) is 5.64. The van der Waals surface area contributed by atoms with E-state index in [0.29, 0.717) is 0 Å². The van der Waals surface area contributed by atoms with Crippen molar-refractivity contribution < 1.29 is 13.7 Å². The van der Waals surface area contributed by atoms with Crippen LogP contribution in [0.25, 0.3) is 10.6 Å². The van der Waals surface area contributed by atoms with Crippen molar-refractivity contribution in [3.63, 3.8) is 0 Å². The van der Waals surface area contributed by atoms with Gasteiger partial charge in [0.25, 0.3) is 0 Å². The fourth-order valence-electron chi connectivity index (χ4n) is 2.10. The van der Waals surface area contributed by atoms with Gasteiger partial charge in [-0.15, -0.1) is 11.3 Å². The van der Waals surface area contributed by atoms with Crippen LogP contribution in [-0.2, 0) is 21.3 Å². The number of nitrogens with one attached hydrogen (secondary N) is 1. The number of carbonyl (C=O) groups excluding carboxylic acids is 1. The molecule has 1 aromatic heterocycles. The van der Waals surface area contributed by atoms with Crippen LogP contribution in [0.5, 0.6) is 5.75 Å². The number of rotatable bonds is 6. The molecular formula is C18H24N2O3S2. The molecule has 2 atom stereocenters. The third-order valence-electron chi connectivity index (χ3n) is 3.44. The Morgan fingerprint density at radius 1 is 1.32 bits per heavy atom. The number of thiazole rings is 1. The van der Waals surface area contributed by atoms with E-state index in [4.69, 9.17) is 4.74 Å². The lowest BCUT2D eigenvalue weighted by Crippen LogP contribution is -2.46. The first-order valence-corrected chi connectivity index (χ1v) is 10.2. The lowest BCUT2D eigenvalue weighted by Gasteiger charge is -2.22. The quantitative estimate of drug-likeness (QED) is 0.834. The lowest BCUT2D eigenvalue weighted by atomic mass is 10.1. The summed E-state index contributed by atoms with van der Waals surface area (Å²) in [4.78, 5) is 16.7. The minimum absolute atomic E-state index is 0.198. The van der Waals surface area contributed by atoms with Gasteiger partial charge in [-0.1, -0.05) is 0 Å². The average molecular weight is 381 g/mol. The molecule has 0 bridgehead atoms. The molecule has 0 aliphatic carbocycles. The van der Waals surface area contributed by atoms with Crippen LogP contribution < -0.4 is 10.1 Å². The first-order valence-electron chi connectivity index (χ1n) is 7.97. The molecule has 2 rings (SSSR count). The molecule has 136 valence electrons. The van der Waals surface area contributed by atoms with Crippen molar-refractivity contribution >= 4 is 28.0 Å². The van der Waals surface area contributed by atoms with Crippen molar-refractivity contribution in [1.82, 2.24) is 10.3 Å². The maximum absolute atomic E-state index is 12.5. The van der Waals surface area contributed by atoms with Crippen LogP contribution in [0.4, 0.5) is 0 Å². The zero-order valence-electron chi connectivity index (χ0n) is 15.2. The molecule has 0 aliphatic heterocycles. The highest BCUT2D eigenvalue weighted by Gasteiger charge is 2.24. The molecule has 1 amide bonds. The van der Waals surface area contributed by atoms with E-state index in [1.807, 2.05) is 50.4 Å². The molecule has 1 N–H and O–H groups in total. The molecule has 0 unspecified atom stereocenters. The molecule has 0 fully saturated rings. The molecule has 0 saturated carbocycles. The Balaban J connectivity index is 2.02. The van der Waals surface area contributed by atoms with Crippen LogP contribution in [0.1, 0.15) is 33.4 Å². The topological polar surface area (TPSA) is 68.3 Å². The molecule has 1 heterocycles. The van der Waals surface area contributed by atoms with Gasteiger partial charge in [0.15, 0.2) is 0 Å². The number of nitrogens with zero attached hydrogens (tertiary/aromatic N) is 1. The Morgan fingerprint density at radius 3 is 2.52 bits per heavy atom. The van der Waals surface area contributed by atoms with Crippen molar-refractivity contribution in [3.05, 3.63) is 35.3 Å². The van der Waals surface area contributed by atoms with E-state index in [2.05, 4.69) is 10.3 Å². The number of methoxy groups -OCH3 is 1. The maximum Gasteiger partial charge on any atom is 0.235 e. The molecule has 0 saturated heterocycles. The molecule has 0 spiro atoms. The van der Waals surface area contributed by atoms with E-state index >= 15 is 0 Å². The smallest absolute Gasteiger partial charge is 0.235 e. The summed E-state index contributed by atoms with van der Waals surface area (Å²) in [6.07, 6.45) is 0. The predicted octanol–water partition coefficient (Wildman–Crippen LogP) is 3.37. The van der Waals surface area contributed by atoms with Crippen molar-refractivity contribution in [2.24, 2.45) is 0 Å². The number of amides is 1. The highest BCUT2D eigenvalue weighted by atomic mass is 32.2. The predicted molar refractivity (Wildman–Crippen MR) is 103 cm³/mol. The molecule has 7 heteroatoms. The number of aromatic nitrogens is 1. The van der Waals surface area contributed by atoms with Crippen molar-refractivity contribution in [3.8, 4) is 16.3 Å². The van der Waals surface area contributed by atoms with Crippen LogP contribution in [-0.4, -0.2) is 33.0 Å². The minimum Gasteiger partial charge on any atom is -0.497 e. The SMILES string of the molecule is COc1ccc(-c2nc(C[S@](=O)[C@H](C)C(=O)NC(C)(C)C)cs2)cc1. The summed E-state index contributed by atoms with van der Waals surface area (Å²) in [6.45, 7) is 7.40. The zero-order valence-corrected chi connectivity index (χ0v) is 16.8. The van der Waals surface area contributed by atoms with E-state index < -0.39 is 16.0 Å². The third-order valence-corrected chi connectivity index (χ3v) is 5.96. The molecule has 0 radical (unpaired) electrons. The molecule has 0 aliphatic rings. The normalized spacial score (nSPS) is 14.0. The first-order chi connectivity index (χ1) is 11.7.